The number of hydrogen-bond donors (Lipinski definition) is 0. The zero-order valence-electron chi connectivity index (χ0n) is 12.2. The lowest BCUT2D eigenvalue weighted by molar-refractivity contribution is 0.509. The van der Waals surface area contributed by atoms with Crippen LogP contribution in [-0.2, 0) is 0 Å². The van der Waals surface area contributed by atoms with Crippen LogP contribution in [0.5, 0.6) is 0 Å². The number of fused-ring (bicyclic) bond motifs is 1. The lowest BCUT2D eigenvalue weighted by Gasteiger charge is -2.06. The summed E-state index contributed by atoms with van der Waals surface area (Å²) in [6, 6.07) is 11.8. The van der Waals surface area contributed by atoms with Crippen LogP contribution in [0, 0.1) is 0 Å². The molecule has 4 rings (SSSR count). The Morgan fingerprint density at radius 1 is 1.09 bits per heavy atom. The molecule has 0 saturated heterocycles. The summed E-state index contributed by atoms with van der Waals surface area (Å²) < 4.78 is 5.81. The second-order valence-electron chi connectivity index (χ2n) is 4.89. The van der Waals surface area contributed by atoms with Gasteiger partial charge in [0, 0.05) is 10.9 Å². The molecule has 3 aromatic heterocycles. The number of rotatable bonds is 4. The average Bonchev–Trinajstić information content (AvgIpc) is 3.25. The van der Waals surface area contributed by atoms with Crippen LogP contribution in [-0.4, -0.2) is 20.2 Å². The summed E-state index contributed by atoms with van der Waals surface area (Å²) in [4.78, 5) is 9.64. The topological polar surface area (TPSA) is 64.7 Å². The SMILES string of the molecule is C[C@H](Sc1ncnc2sccc12)c1nnc(-c2ccccc2)o1. The van der Waals surface area contributed by atoms with Crippen LogP contribution >= 0.6 is 23.1 Å². The highest BCUT2D eigenvalue weighted by Crippen LogP contribution is 2.37. The van der Waals surface area contributed by atoms with Gasteiger partial charge in [-0.25, -0.2) is 9.97 Å². The first-order chi connectivity index (χ1) is 11.3. The quantitative estimate of drug-likeness (QED) is 0.400. The van der Waals surface area contributed by atoms with Gasteiger partial charge in [0.2, 0.25) is 11.8 Å². The third kappa shape index (κ3) is 2.85. The van der Waals surface area contributed by atoms with E-state index < -0.39 is 0 Å². The summed E-state index contributed by atoms with van der Waals surface area (Å²) >= 11 is 3.21. The van der Waals surface area contributed by atoms with Gasteiger partial charge in [-0.3, -0.25) is 0 Å². The molecule has 5 nitrogen and oxygen atoms in total. The Bertz CT molecular complexity index is 935. The fourth-order valence-electron chi connectivity index (χ4n) is 2.18. The van der Waals surface area contributed by atoms with E-state index in [2.05, 4.69) is 20.2 Å². The number of thioether (sulfide) groups is 1. The molecule has 1 aromatic carbocycles. The lowest BCUT2D eigenvalue weighted by Crippen LogP contribution is -1.91. The molecule has 7 heteroatoms. The monoisotopic (exact) mass is 340 g/mol. The summed E-state index contributed by atoms with van der Waals surface area (Å²) in [5, 5.41) is 12.4. The van der Waals surface area contributed by atoms with Crippen molar-refractivity contribution in [2.24, 2.45) is 0 Å². The summed E-state index contributed by atoms with van der Waals surface area (Å²) in [7, 11) is 0. The molecule has 23 heavy (non-hydrogen) atoms. The summed E-state index contributed by atoms with van der Waals surface area (Å²) in [5.74, 6) is 1.13. The predicted molar refractivity (Wildman–Crippen MR) is 91.4 cm³/mol. The number of thiophene rings is 1. The van der Waals surface area contributed by atoms with Gasteiger partial charge in [0.15, 0.2) is 0 Å². The van der Waals surface area contributed by atoms with Crippen LogP contribution in [0.15, 0.2) is 57.5 Å². The van der Waals surface area contributed by atoms with E-state index in [4.69, 9.17) is 4.42 Å². The van der Waals surface area contributed by atoms with Crippen molar-refractivity contribution in [3.05, 3.63) is 54.0 Å². The maximum Gasteiger partial charge on any atom is 0.247 e. The Labute approximate surface area is 140 Å². The smallest absolute Gasteiger partial charge is 0.247 e. The zero-order chi connectivity index (χ0) is 15.6. The van der Waals surface area contributed by atoms with E-state index in [1.807, 2.05) is 48.7 Å². The molecule has 0 N–H and O–H groups in total. The van der Waals surface area contributed by atoms with Crippen LogP contribution in [0.4, 0.5) is 0 Å². The molecular weight excluding hydrogens is 328 g/mol. The first-order valence-electron chi connectivity index (χ1n) is 7.05. The van der Waals surface area contributed by atoms with Crippen molar-refractivity contribution in [3.63, 3.8) is 0 Å². The first kappa shape index (κ1) is 14.3. The van der Waals surface area contributed by atoms with E-state index in [1.165, 1.54) is 0 Å². The molecule has 1 atom stereocenters. The van der Waals surface area contributed by atoms with Crippen LogP contribution in [0.2, 0.25) is 0 Å². The first-order valence-corrected chi connectivity index (χ1v) is 8.81. The minimum Gasteiger partial charge on any atom is -0.419 e. The third-order valence-electron chi connectivity index (χ3n) is 3.32. The van der Waals surface area contributed by atoms with Gasteiger partial charge in [-0.05, 0) is 30.5 Å². The minimum absolute atomic E-state index is 0.0120. The van der Waals surface area contributed by atoms with Crippen LogP contribution in [0.1, 0.15) is 18.1 Å². The standard InChI is InChI=1S/C16H12N4OS2/c1-10(23-16-12-7-8-22-15(12)17-9-18-16)13-19-20-14(21-13)11-5-3-2-4-6-11/h2-10H,1H3/t10-/m0/s1. The molecule has 0 aliphatic carbocycles. The van der Waals surface area contributed by atoms with Gasteiger partial charge in [-0.1, -0.05) is 30.0 Å². The van der Waals surface area contributed by atoms with Gasteiger partial charge in [-0.2, -0.15) is 0 Å². The van der Waals surface area contributed by atoms with E-state index in [0.717, 1.165) is 20.8 Å². The largest absolute Gasteiger partial charge is 0.419 e. The van der Waals surface area contributed by atoms with Gasteiger partial charge in [0.05, 0.1) is 5.25 Å². The zero-order valence-corrected chi connectivity index (χ0v) is 13.8. The summed E-state index contributed by atoms with van der Waals surface area (Å²) in [6.45, 7) is 2.03. The second kappa shape index (κ2) is 6.10. The van der Waals surface area contributed by atoms with Crippen molar-refractivity contribution in [1.29, 1.82) is 0 Å². The maximum atomic E-state index is 5.81. The van der Waals surface area contributed by atoms with Gasteiger partial charge >= 0.3 is 0 Å². The Morgan fingerprint density at radius 3 is 2.83 bits per heavy atom. The second-order valence-corrected chi connectivity index (χ2v) is 7.11. The highest BCUT2D eigenvalue weighted by molar-refractivity contribution is 7.99. The van der Waals surface area contributed by atoms with E-state index >= 15 is 0 Å². The fraction of sp³-hybridized carbons (Fsp3) is 0.125. The van der Waals surface area contributed by atoms with Crippen LogP contribution in [0.25, 0.3) is 21.7 Å². The van der Waals surface area contributed by atoms with Crippen molar-refractivity contribution >= 4 is 33.3 Å². The Balaban J connectivity index is 1.59. The summed E-state index contributed by atoms with van der Waals surface area (Å²) in [6.07, 6.45) is 1.59. The van der Waals surface area contributed by atoms with Crippen molar-refractivity contribution < 1.29 is 4.42 Å². The van der Waals surface area contributed by atoms with Gasteiger partial charge in [0.1, 0.15) is 16.2 Å². The highest BCUT2D eigenvalue weighted by atomic mass is 32.2. The van der Waals surface area contributed by atoms with Crippen molar-refractivity contribution in [2.75, 3.05) is 0 Å². The highest BCUT2D eigenvalue weighted by Gasteiger charge is 2.18. The number of benzene rings is 1. The van der Waals surface area contributed by atoms with E-state index in [-0.39, 0.29) is 5.25 Å². The molecule has 0 aliphatic rings. The number of aromatic nitrogens is 4. The van der Waals surface area contributed by atoms with E-state index in [1.54, 1.807) is 29.4 Å². The Kier molecular flexibility index (Phi) is 3.80. The molecule has 0 fully saturated rings. The van der Waals surface area contributed by atoms with Gasteiger partial charge < -0.3 is 4.42 Å². The molecule has 0 saturated carbocycles. The van der Waals surface area contributed by atoms with Crippen LogP contribution in [0.3, 0.4) is 0 Å². The van der Waals surface area contributed by atoms with Gasteiger partial charge in [-0.15, -0.1) is 21.5 Å². The predicted octanol–water partition coefficient (Wildman–Crippen LogP) is 4.59. The molecular formula is C16H12N4OS2. The van der Waals surface area contributed by atoms with E-state index in [9.17, 15) is 0 Å². The Morgan fingerprint density at radius 2 is 1.96 bits per heavy atom. The molecule has 114 valence electrons. The molecule has 0 amide bonds. The van der Waals surface area contributed by atoms with Crippen LogP contribution < -0.4 is 0 Å². The third-order valence-corrected chi connectivity index (χ3v) is 5.25. The molecule has 3 heterocycles. The van der Waals surface area contributed by atoms with Crippen molar-refractivity contribution in [1.82, 2.24) is 20.2 Å². The molecule has 0 bridgehead atoms. The lowest BCUT2D eigenvalue weighted by atomic mass is 10.2. The average molecular weight is 340 g/mol. The fourth-order valence-corrected chi connectivity index (χ4v) is 3.90. The summed E-state index contributed by atoms with van der Waals surface area (Å²) in [5.41, 5.74) is 0.922. The van der Waals surface area contributed by atoms with Gasteiger partial charge in [0.25, 0.3) is 0 Å². The normalized spacial score (nSPS) is 12.6. The molecule has 0 radical (unpaired) electrons. The molecule has 0 unspecified atom stereocenters. The Hall–Kier alpha value is -2.25. The maximum absolute atomic E-state index is 5.81. The number of hydrogen-bond acceptors (Lipinski definition) is 7. The number of nitrogens with zero attached hydrogens (tertiary/aromatic N) is 4. The molecule has 4 aromatic rings. The molecule has 0 spiro atoms. The molecule has 0 aliphatic heterocycles. The van der Waals surface area contributed by atoms with Crippen molar-refractivity contribution in [2.45, 2.75) is 17.2 Å². The van der Waals surface area contributed by atoms with E-state index in [0.29, 0.717) is 11.8 Å². The minimum atomic E-state index is 0.0120. The van der Waals surface area contributed by atoms with Crippen molar-refractivity contribution in [3.8, 4) is 11.5 Å².